The number of aliphatic hydroxyl groups excluding tert-OH is 1. The van der Waals surface area contributed by atoms with Gasteiger partial charge in [0, 0.05) is 5.57 Å². The normalized spacial score (nSPS) is 33.2. The predicted octanol–water partition coefficient (Wildman–Crippen LogP) is 1.61. The van der Waals surface area contributed by atoms with Crippen LogP contribution >= 0.6 is 0 Å². The summed E-state index contributed by atoms with van der Waals surface area (Å²) in [5.41, 5.74) is 1.13. The molecule has 5 atom stereocenters. The van der Waals surface area contributed by atoms with E-state index in [-0.39, 0.29) is 29.6 Å². The van der Waals surface area contributed by atoms with E-state index < -0.39 is 36.2 Å². The van der Waals surface area contributed by atoms with Crippen molar-refractivity contribution in [1.29, 1.82) is 0 Å². The van der Waals surface area contributed by atoms with Gasteiger partial charge in [-0.15, -0.1) is 0 Å². The summed E-state index contributed by atoms with van der Waals surface area (Å²) in [4.78, 5) is 36.7. The first-order chi connectivity index (χ1) is 12.8. The maximum atomic E-state index is 12.4. The molecule has 3 rings (SSSR count). The van der Waals surface area contributed by atoms with Crippen LogP contribution in [0.3, 0.4) is 0 Å². The lowest BCUT2D eigenvalue weighted by Crippen LogP contribution is -2.28. The minimum Gasteiger partial charge on any atom is -0.457 e. The molecule has 0 aromatic rings. The second-order valence-corrected chi connectivity index (χ2v) is 7.17. The van der Waals surface area contributed by atoms with Gasteiger partial charge >= 0.3 is 17.9 Å². The summed E-state index contributed by atoms with van der Waals surface area (Å²) < 4.78 is 16.4. The van der Waals surface area contributed by atoms with E-state index in [1.54, 1.807) is 19.1 Å². The minimum atomic E-state index is -0.762. The van der Waals surface area contributed by atoms with Crippen LogP contribution in [0, 0.1) is 11.8 Å². The summed E-state index contributed by atoms with van der Waals surface area (Å²) in [6.45, 7) is 7.19. The van der Waals surface area contributed by atoms with E-state index in [0.717, 1.165) is 0 Å². The van der Waals surface area contributed by atoms with Gasteiger partial charge in [-0.2, -0.15) is 0 Å². The van der Waals surface area contributed by atoms with Gasteiger partial charge in [0.15, 0.2) is 0 Å². The van der Waals surface area contributed by atoms with E-state index in [1.165, 1.54) is 0 Å². The zero-order chi connectivity index (χ0) is 19.7. The second kappa shape index (κ2) is 7.68. The first-order valence-corrected chi connectivity index (χ1v) is 9.19. The van der Waals surface area contributed by atoms with Gasteiger partial charge in [0.05, 0.1) is 24.0 Å². The summed E-state index contributed by atoms with van der Waals surface area (Å²) in [7, 11) is 0. The van der Waals surface area contributed by atoms with Gasteiger partial charge in [-0.1, -0.05) is 20.4 Å². The van der Waals surface area contributed by atoms with Crippen molar-refractivity contribution < 1.29 is 33.7 Å². The van der Waals surface area contributed by atoms with Gasteiger partial charge in [-0.25, -0.2) is 9.59 Å². The molecule has 0 saturated carbocycles. The Kier molecular flexibility index (Phi) is 5.51. The lowest BCUT2D eigenvalue weighted by atomic mass is 9.87. The molecule has 2 aliphatic heterocycles. The first kappa shape index (κ1) is 19.4. The van der Waals surface area contributed by atoms with Crippen molar-refractivity contribution in [2.24, 2.45) is 11.8 Å². The second-order valence-electron chi connectivity index (χ2n) is 7.17. The van der Waals surface area contributed by atoms with Crippen LogP contribution in [-0.2, 0) is 28.6 Å². The number of fused-ring (bicyclic) bond motifs is 3. The molecule has 0 spiro atoms. The molecule has 0 aromatic carbocycles. The Hall–Kier alpha value is -2.41. The summed E-state index contributed by atoms with van der Waals surface area (Å²) in [6.07, 6.45) is 2.49. The van der Waals surface area contributed by atoms with Crippen molar-refractivity contribution in [3.8, 4) is 0 Å². The van der Waals surface area contributed by atoms with E-state index in [0.29, 0.717) is 24.8 Å². The third-order valence-corrected chi connectivity index (χ3v) is 5.39. The van der Waals surface area contributed by atoms with Crippen molar-refractivity contribution in [3.05, 3.63) is 35.5 Å². The Morgan fingerprint density at radius 3 is 2.63 bits per heavy atom. The number of rotatable bonds is 4. The van der Waals surface area contributed by atoms with E-state index in [4.69, 9.17) is 14.2 Å². The van der Waals surface area contributed by atoms with Gasteiger partial charge < -0.3 is 19.3 Å². The third kappa shape index (κ3) is 3.69. The van der Waals surface area contributed by atoms with Gasteiger partial charge in [0.2, 0.25) is 0 Å². The molecule has 146 valence electrons. The van der Waals surface area contributed by atoms with E-state index >= 15 is 0 Å². The molecule has 0 radical (unpaired) electrons. The van der Waals surface area contributed by atoms with Crippen molar-refractivity contribution in [2.45, 2.75) is 51.4 Å². The molecule has 0 aromatic heterocycles. The molecule has 1 aliphatic carbocycles. The van der Waals surface area contributed by atoms with Gasteiger partial charge in [0.1, 0.15) is 18.3 Å². The highest BCUT2D eigenvalue weighted by Crippen LogP contribution is 2.38. The lowest BCUT2D eigenvalue weighted by molar-refractivity contribution is -0.153. The summed E-state index contributed by atoms with van der Waals surface area (Å²) in [5, 5.41) is 9.66. The molecule has 1 fully saturated rings. The van der Waals surface area contributed by atoms with E-state index in [2.05, 4.69) is 6.58 Å². The van der Waals surface area contributed by atoms with Gasteiger partial charge in [-0.3, -0.25) is 4.79 Å². The molecule has 2 heterocycles. The van der Waals surface area contributed by atoms with Crippen LogP contribution in [0.2, 0.25) is 0 Å². The number of hydrogen-bond donors (Lipinski definition) is 1. The van der Waals surface area contributed by atoms with Crippen molar-refractivity contribution in [2.75, 3.05) is 6.61 Å². The zero-order valence-electron chi connectivity index (χ0n) is 15.5. The van der Waals surface area contributed by atoms with Crippen LogP contribution in [0.25, 0.3) is 0 Å². The molecular weight excluding hydrogens is 352 g/mol. The quantitative estimate of drug-likeness (QED) is 0.344. The van der Waals surface area contributed by atoms with E-state index in [1.807, 2.05) is 6.92 Å². The number of ether oxygens (including phenoxy) is 3. The lowest BCUT2D eigenvalue weighted by Gasteiger charge is -2.22. The average molecular weight is 376 g/mol. The Balaban J connectivity index is 1.94. The number of hydrogen-bond acceptors (Lipinski definition) is 7. The Morgan fingerprint density at radius 2 is 1.96 bits per heavy atom. The van der Waals surface area contributed by atoms with Crippen molar-refractivity contribution >= 4 is 17.9 Å². The molecule has 7 nitrogen and oxygen atoms in total. The third-order valence-electron chi connectivity index (χ3n) is 5.39. The molecule has 7 heteroatoms. The average Bonchev–Trinajstić information content (AvgIpc) is 3.15. The molecule has 3 aliphatic rings. The number of carbonyl (C=O) groups excluding carboxylic acids is 3. The molecule has 1 saturated heterocycles. The summed E-state index contributed by atoms with van der Waals surface area (Å²) >= 11 is 0. The van der Waals surface area contributed by atoms with Crippen molar-refractivity contribution in [3.63, 3.8) is 0 Å². The Morgan fingerprint density at radius 1 is 1.30 bits per heavy atom. The first-order valence-electron chi connectivity index (χ1n) is 9.19. The summed E-state index contributed by atoms with van der Waals surface area (Å²) in [5.74, 6) is -2.35. The topological polar surface area (TPSA) is 99.1 Å². The molecule has 2 bridgehead atoms. The van der Waals surface area contributed by atoms with Crippen LogP contribution in [0.5, 0.6) is 0 Å². The highest BCUT2D eigenvalue weighted by Gasteiger charge is 2.47. The maximum Gasteiger partial charge on any atom is 0.338 e. The van der Waals surface area contributed by atoms with Crippen molar-refractivity contribution in [1.82, 2.24) is 0 Å². The fourth-order valence-corrected chi connectivity index (χ4v) is 3.48. The molecule has 1 N–H and O–H groups in total. The predicted molar refractivity (Wildman–Crippen MR) is 94.2 cm³/mol. The number of aliphatic hydroxyl groups is 1. The van der Waals surface area contributed by atoms with Crippen LogP contribution in [-0.4, -0.2) is 47.9 Å². The van der Waals surface area contributed by atoms with Gasteiger partial charge in [0.25, 0.3) is 0 Å². The zero-order valence-corrected chi connectivity index (χ0v) is 15.5. The number of esters is 3. The van der Waals surface area contributed by atoms with Crippen LogP contribution in [0.1, 0.15) is 33.1 Å². The summed E-state index contributed by atoms with van der Waals surface area (Å²) in [6, 6.07) is 0. The molecule has 0 amide bonds. The monoisotopic (exact) mass is 376 g/mol. The Labute approximate surface area is 157 Å². The standard InChI is InChI=1S/C20H24O7/c1-4-10(2)18(22)25-14-6-5-12(9-21)7-15-17(11(3)19(23)26-15)16-8-13(14)20(24)27-16/h7-8,10,14-17,21H,3-6,9H2,1-2H3/b12-7+/t10-,14+,15-,16-,17+/m1/s1. The molecule has 27 heavy (non-hydrogen) atoms. The highest BCUT2D eigenvalue weighted by molar-refractivity contribution is 5.94. The largest absolute Gasteiger partial charge is 0.457 e. The van der Waals surface area contributed by atoms with Gasteiger partial charge in [-0.05, 0) is 37.0 Å². The smallest absolute Gasteiger partial charge is 0.338 e. The van der Waals surface area contributed by atoms with Crippen LogP contribution < -0.4 is 0 Å². The Bertz CT molecular complexity index is 733. The SMILES string of the molecule is C=C1C(=O)O[C@@H]2/C=C(/CO)CC[C@H](OC(=O)[C@H](C)CC)C3=C[C@@H](OC3=O)[C@@H]12. The highest BCUT2D eigenvalue weighted by atomic mass is 16.6. The minimum absolute atomic E-state index is 0.220. The fraction of sp³-hybridized carbons (Fsp3) is 0.550. The molecule has 0 unspecified atom stereocenters. The van der Waals surface area contributed by atoms with Crippen LogP contribution in [0.15, 0.2) is 35.5 Å². The molecular formula is C20H24O7. The van der Waals surface area contributed by atoms with E-state index in [9.17, 15) is 19.5 Å². The van der Waals surface area contributed by atoms with Crippen LogP contribution in [0.4, 0.5) is 0 Å². The fourth-order valence-electron chi connectivity index (χ4n) is 3.48. The number of carbonyl (C=O) groups is 3. The maximum absolute atomic E-state index is 12.4.